The number of aromatic nitrogens is 3. The van der Waals surface area contributed by atoms with Gasteiger partial charge >= 0.3 is 0 Å². The first-order chi connectivity index (χ1) is 11.5. The SMILES string of the molecule is NC(/C=C(\N)C1CC1)=NC(=O)Cc1ccn(-c2cccc(Cl)n2)n1. The molecule has 0 radical (unpaired) electrons. The van der Waals surface area contributed by atoms with Crippen LogP contribution in [0.5, 0.6) is 0 Å². The van der Waals surface area contributed by atoms with Gasteiger partial charge in [0, 0.05) is 11.9 Å². The largest absolute Gasteiger partial charge is 0.402 e. The molecule has 0 aliphatic heterocycles. The van der Waals surface area contributed by atoms with E-state index in [1.807, 2.05) is 0 Å². The fraction of sp³-hybridized carbons (Fsp3) is 0.250. The fourth-order valence-corrected chi connectivity index (χ4v) is 2.34. The summed E-state index contributed by atoms with van der Waals surface area (Å²) >= 11 is 5.86. The second kappa shape index (κ2) is 6.84. The molecule has 2 heterocycles. The number of allylic oxidation sites excluding steroid dienone is 1. The summed E-state index contributed by atoms with van der Waals surface area (Å²) in [7, 11) is 0. The summed E-state index contributed by atoms with van der Waals surface area (Å²) in [5, 5.41) is 4.67. The molecule has 1 fully saturated rings. The number of nitrogens with two attached hydrogens (primary N) is 2. The van der Waals surface area contributed by atoms with E-state index in [0.29, 0.717) is 28.3 Å². The molecular weight excluding hydrogens is 328 g/mol. The molecule has 0 spiro atoms. The fourth-order valence-electron chi connectivity index (χ4n) is 2.18. The molecule has 3 rings (SSSR count). The number of nitrogens with zero attached hydrogens (tertiary/aromatic N) is 4. The van der Waals surface area contributed by atoms with E-state index in [4.69, 9.17) is 23.1 Å². The van der Waals surface area contributed by atoms with Gasteiger partial charge in [-0.15, -0.1) is 0 Å². The lowest BCUT2D eigenvalue weighted by Crippen LogP contribution is -2.15. The first-order valence-electron chi connectivity index (χ1n) is 7.53. The Bertz CT molecular complexity index is 821. The van der Waals surface area contributed by atoms with E-state index in [9.17, 15) is 4.79 Å². The summed E-state index contributed by atoms with van der Waals surface area (Å²) < 4.78 is 1.55. The van der Waals surface area contributed by atoms with Crippen molar-refractivity contribution in [1.82, 2.24) is 14.8 Å². The van der Waals surface area contributed by atoms with E-state index in [0.717, 1.165) is 12.8 Å². The Morgan fingerprint density at radius 3 is 2.88 bits per heavy atom. The second-order valence-electron chi connectivity index (χ2n) is 5.60. The monoisotopic (exact) mass is 344 g/mol. The van der Waals surface area contributed by atoms with Crippen LogP contribution in [0.25, 0.3) is 5.82 Å². The summed E-state index contributed by atoms with van der Waals surface area (Å²) in [5.41, 5.74) is 12.8. The topological polar surface area (TPSA) is 112 Å². The molecule has 0 saturated heterocycles. The maximum absolute atomic E-state index is 12.0. The van der Waals surface area contributed by atoms with Crippen molar-refractivity contribution < 1.29 is 4.79 Å². The lowest BCUT2D eigenvalue weighted by atomic mass is 10.2. The van der Waals surface area contributed by atoms with Crippen molar-refractivity contribution in [3.8, 4) is 5.82 Å². The average molecular weight is 345 g/mol. The Labute approximate surface area is 144 Å². The van der Waals surface area contributed by atoms with Gasteiger partial charge in [-0.1, -0.05) is 17.7 Å². The lowest BCUT2D eigenvalue weighted by molar-refractivity contribution is -0.117. The van der Waals surface area contributed by atoms with Gasteiger partial charge in [-0.05, 0) is 43.0 Å². The minimum atomic E-state index is -0.378. The first-order valence-corrected chi connectivity index (χ1v) is 7.90. The van der Waals surface area contributed by atoms with Gasteiger partial charge in [0.1, 0.15) is 11.0 Å². The Hall–Kier alpha value is -2.67. The number of hydrogen-bond acceptors (Lipinski definition) is 4. The molecule has 8 heteroatoms. The summed E-state index contributed by atoms with van der Waals surface area (Å²) in [6, 6.07) is 6.95. The quantitative estimate of drug-likeness (QED) is 0.486. The number of amidine groups is 1. The number of amides is 1. The summed E-state index contributed by atoms with van der Waals surface area (Å²) in [4.78, 5) is 19.9. The average Bonchev–Trinajstić information content (AvgIpc) is 3.27. The highest BCUT2D eigenvalue weighted by Gasteiger charge is 2.24. The van der Waals surface area contributed by atoms with E-state index in [1.54, 1.807) is 41.2 Å². The van der Waals surface area contributed by atoms with Crippen molar-refractivity contribution in [2.24, 2.45) is 22.4 Å². The summed E-state index contributed by atoms with van der Waals surface area (Å²) in [5.74, 6) is 0.705. The number of aliphatic imine (C=N–C) groups is 1. The zero-order valence-electron chi connectivity index (χ0n) is 12.9. The lowest BCUT2D eigenvalue weighted by Gasteiger charge is -2.00. The Kier molecular flexibility index (Phi) is 4.61. The second-order valence-corrected chi connectivity index (χ2v) is 5.98. The molecule has 1 aliphatic rings. The van der Waals surface area contributed by atoms with E-state index in [2.05, 4.69) is 15.1 Å². The van der Waals surface area contributed by atoms with Crippen LogP contribution in [-0.4, -0.2) is 26.5 Å². The Morgan fingerprint density at radius 1 is 1.38 bits per heavy atom. The van der Waals surface area contributed by atoms with Crippen LogP contribution >= 0.6 is 11.6 Å². The van der Waals surface area contributed by atoms with Gasteiger partial charge < -0.3 is 11.5 Å². The highest BCUT2D eigenvalue weighted by Crippen LogP contribution is 2.33. The minimum absolute atomic E-state index is 0.0471. The molecule has 1 amide bonds. The van der Waals surface area contributed by atoms with Crippen LogP contribution in [0.3, 0.4) is 0 Å². The molecule has 0 aromatic carbocycles. The molecule has 2 aromatic rings. The van der Waals surface area contributed by atoms with Crippen molar-refractivity contribution in [3.05, 3.63) is 53.1 Å². The van der Waals surface area contributed by atoms with Gasteiger partial charge in [-0.25, -0.2) is 9.67 Å². The predicted molar refractivity (Wildman–Crippen MR) is 91.7 cm³/mol. The van der Waals surface area contributed by atoms with Crippen molar-refractivity contribution in [2.75, 3.05) is 0 Å². The van der Waals surface area contributed by atoms with Gasteiger partial charge in [0.05, 0.1) is 12.1 Å². The minimum Gasteiger partial charge on any atom is -0.402 e. The van der Waals surface area contributed by atoms with Gasteiger partial charge in [0.15, 0.2) is 5.82 Å². The molecule has 1 aliphatic carbocycles. The van der Waals surface area contributed by atoms with Gasteiger partial charge in [0.25, 0.3) is 5.91 Å². The van der Waals surface area contributed by atoms with Crippen molar-refractivity contribution in [3.63, 3.8) is 0 Å². The maximum Gasteiger partial charge on any atom is 0.253 e. The number of carbonyl (C=O) groups is 1. The number of rotatable bonds is 5. The highest BCUT2D eigenvalue weighted by atomic mass is 35.5. The van der Waals surface area contributed by atoms with Crippen LogP contribution in [0, 0.1) is 5.92 Å². The molecule has 0 bridgehead atoms. The molecule has 124 valence electrons. The Morgan fingerprint density at radius 2 is 2.17 bits per heavy atom. The summed E-state index contributed by atoms with van der Waals surface area (Å²) in [6.45, 7) is 0. The predicted octanol–water partition coefficient (Wildman–Crippen LogP) is 1.60. The molecule has 0 atom stereocenters. The molecule has 2 aromatic heterocycles. The molecule has 7 nitrogen and oxygen atoms in total. The maximum atomic E-state index is 12.0. The van der Waals surface area contributed by atoms with Crippen LogP contribution in [0.2, 0.25) is 5.15 Å². The van der Waals surface area contributed by atoms with E-state index in [-0.39, 0.29) is 18.2 Å². The third-order valence-corrected chi connectivity index (χ3v) is 3.74. The van der Waals surface area contributed by atoms with E-state index in [1.165, 1.54) is 0 Å². The van der Waals surface area contributed by atoms with Crippen LogP contribution < -0.4 is 11.5 Å². The smallest absolute Gasteiger partial charge is 0.253 e. The molecule has 1 saturated carbocycles. The molecule has 4 N–H and O–H groups in total. The van der Waals surface area contributed by atoms with Crippen molar-refractivity contribution in [1.29, 1.82) is 0 Å². The molecule has 0 unspecified atom stereocenters. The molecule has 24 heavy (non-hydrogen) atoms. The number of pyridine rings is 1. The van der Waals surface area contributed by atoms with Crippen molar-refractivity contribution >= 4 is 23.3 Å². The zero-order chi connectivity index (χ0) is 17.1. The highest BCUT2D eigenvalue weighted by molar-refractivity contribution is 6.29. The molecular formula is C16H17ClN6O. The zero-order valence-corrected chi connectivity index (χ0v) is 13.6. The standard InChI is InChI=1S/C16H17ClN6O/c17-13-2-1-3-15(20-13)23-7-6-11(22-23)8-16(24)21-14(19)9-12(18)10-4-5-10/h1-3,6-7,9-10H,4-5,8,18H2,(H2,19,21,24)/b12-9-. The number of halogens is 1. The van der Waals surface area contributed by atoms with E-state index >= 15 is 0 Å². The van der Waals surface area contributed by atoms with Crippen LogP contribution in [-0.2, 0) is 11.2 Å². The van der Waals surface area contributed by atoms with Crippen LogP contribution in [0.1, 0.15) is 18.5 Å². The Balaban J connectivity index is 1.66. The van der Waals surface area contributed by atoms with Crippen LogP contribution in [0.15, 0.2) is 47.2 Å². The third kappa shape index (κ3) is 4.20. The van der Waals surface area contributed by atoms with Crippen molar-refractivity contribution in [2.45, 2.75) is 19.3 Å². The van der Waals surface area contributed by atoms with Gasteiger partial charge in [-0.2, -0.15) is 10.1 Å². The van der Waals surface area contributed by atoms with Crippen LogP contribution in [0.4, 0.5) is 0 Å². The van der Waals surface area contributed by atoms with Gasteiger partial charge in [-0.3, -0.25) is 4.79 Å². The number of carbonyl (C=O) groups excluding carboxylic acids is 1. The van der Waals surface area contributed by atoms with Gasteiger partial charge in [0.2, 0.25) is 0 Å². The number of hydrogen-bond donors (Lipinski definition) is 2. The van der Waals surface area contributed by atoms with E-state index < -0.39 is 0 Å². The first kappa shape index (κ1) is 16.2. The third-order valence-electron chi connectivity index (χ3n) is 3.53. The summed E-state index contributed by atoms with van der Waals surface area (Å²) in [6.07, 6.45) is 5.45. The normalized spacial score (nSPS) is 15.5.